The van der Waals surface area contributed by atoms with Crippen LogP contribution in [0.15, 0.2) is 53.0 Å². The lowest BCUT2D eigenvalue weighted by molar-refractivity contribution is 0.0471. The average molecular weight is 417 g/mol. The smallest absolute Gasteiger partial charge is 0.339 e. The van der Waals surface area contributed by atoms with Crippen LogP contribution in [0.5, 0.6) is 0 Å². The molecule has 2 aromatic carbocycles. The molecule has 92 valence electrons. The fraction of sp³-hybridized carbons (Fsp3) is 0.0714. The molecule has 2 nitrogen and oxygen atoms in total. The lowest BCUT2D eigenvalue weighted by Crippen LogP contribution is -2.07. The third-order valence-electron chi connectivity index (χ3n) is 2.36. The van der Waals surface area contributed by atoms with Crippen molar-refractivity contribution in [2.24, 2.45) is 0 Å². The standard InChI is InChI=1S/C14H10BrIO2/c15-11-6-7-13(16)12(8-11)14(17)18-9-10-4-2-1-3-5-10/h1-8H,9H2. The van der Waals surface area contributed by atoms with E-state index in [1.807, 2.05) is 42.5 Å². The number of halogens is 2. The summed E-state index contributed by atoms with van der Waals surface area (Å²) in [6.45, 7) is 0.294. The second-order valence-corrected chi connectivity index (χ2v) is 5.76. The molecule has 2 aromatic rings. The molecular formula is C14H10BrIO2. The molecule has 0 N–H and O–H groups in total. The topological polar surface area (TPSA) is 26.3 Å². The molecule has 2 rings (SSSR count). The van der Waals surface area contributed by atoms with Gasteiger partial charge in [0.05, 0.1) is 5.56 Å². The van der Waals surface area contributed by atoms with Gasteiger partial charge in [0.15, 0.2) is 0 Å². The Kier molecular flexibility index (Phi) is 4.77. The number of ether oxygens (including phenoxy) is 1. The average Bonchev–Trinajstić information content (AvgIpc) is 2.40. The minimum atomic E-state index is -0.301. The van der Waals surface area contributed by atoms with Crippen LogP contribution in [0.2, 0.25) is 0 Å². The highest BCUT2D eigenvalue weighted by Gasteiger charge is 2.11. The van der Waals surface area contributed by atoms with Crippen LogP contribution in [-0.2, 0) is 11.3 Å². The second kappa shape index (κ2) is 6.33. The lowest BCUT2D eigenvalue weighted by atomic mass is 10.2. The van der Waals surface area contributed by atoms with E-state index in [0.29, 0.717) is 12.2 Å². The molecular weight excluding hydrogens is 407 g/mol. The Hall–Kier alpha value is -0.880. The molecule has 0 aromatic heterocycles. The van der Waals surface area contributed by atoms with Crippen molar-refractivity contribution in [1.29, 1.82) is 0 Å². The van der Waals surface area contributed by atoms with E-state index in [1.54, 1.807) is 6.07 Å². The SMILES string of the molecule is O=C(OCc1ccccc1)c1cc(Br)ccc1I. The molecule has 18 heavy (non-hydrogen) atoms. The third-order valence-corrected chi connectivity index (χ3v) is 3.80. The maximum absolute atomic E-state index is 11.9. The number of benzene rings is 2. The highest BCUT2D eigenvalue weighted by atomic mass is 127. The summed E-state index contributed by atoms with van der Waals surface area (Å²) in [6.07, 6.45) is 0. The molecule has 4 heteroatoms. The molecule has 0 aliphatic rings. The molecule has 0 fully saturated rings. The Morgan fingerprint density at radius 2 is 1.89 bits per heavy atom. The van der Waals surface area contributed by atoms with E-state index >= 15 is 0 Å². The van der Waals surface area contributed by atoms with Gasteiger partial charge in [-0.25, -0.2) is 4.79 Å². The van der Waals surface area contributed by atoms with Crippen LogP contribution in [0, 0.1) is 3.57 Å². The van der Waals surface area contributed by atoms with Crippen LogP contribution >= 0.6 is 38.5 Å². The Morgan fingerprint density at radius 1 is 1.17 bits per heavy atom. The fourth-order valence-corrected chi connectivity index (χ4v) is 2.37. The number of hydrogen-bond acceptors (Lipinski definition) is 2. The van der Waals surface area contributed by atoms with Gasteiger partial charge in [-0.05, 0) is 46.4 Å². The van der Waals surface area contributed by atoms with Crippen LogP contribution in [0.3, 0.4) is 0 Å². The van der Waals surface area contributed by atoms with Crippen LogP contribution in [0.25, 0.3) is 0 Å². The van der Waals surface area contributed by atoms with Gasteiger partial charge >= 0.3 is 5.97 Å². The number of carbonyl (C=O) groups excluding carboxylic acids is 1. The summed E-state index contributed by atoms with van der Waals surface area (Å²) in [7, 11) is 0. The predicted octanol–water partition coefficient (Wildman–Crippen LogP) is 4.41. The van der Waals surface area contributed by atoms with E-state index in [0.717, 1.165) is 13.6 Å². The van der Waals surface area contributed by atoms with Crippen molar-refractivity contribution in [3.05, 3.63) is 67.7 Å². The highest BCUT2D eigenvalue weighted by Crippen LogP contribution is 2.19. The first-order chi connectivity index (χ1) is 8.66. The predicted molar refractivity (Wildman–Crippen MR) is 82.4 cm³/mol. The molecule has 0 radical (unpaired) electrons. The number of hydrogen-bond donors (Lipinski definition) is 0. The maximum Gasteiger partial charge on any atom is 0.339 e. The molecule has 0 atom stereocenters. The Morgan fingerprint density at radius 3 is 2.61 bits per heavy atom. The normalized spacial score (nSPS) is 10.1. The van der Waals surface area contributed by atoms with E-state index in [1.165, 1.54) is 0 Å². The summed E-state index contributed by atoms with van der Waals surface area (Å²) < 4.78 is 7.04. The molecule has 0 spiro atoms. The number of carbonyl (C=O) groups is 1. The van der Waals surface area contributed by atoms with Gasteiger partial charge in [-0.1, -0.05) is 46.3 Å². The summed E-state index contributed by atoms with van der Waals surface area (Å²) >= 11 is 5.47. The van der Waals surface area contributed by atoms with Crippen LogP contribution in [0.1, 0.15) is 15.9 Å². The molecule has 0 saturated carbocycles. The largest absolute Gasteiger partial charge is 0.457 e. The van der Waals surface area contributed by atoms with Gasteiger partial charge in [0, 0.05) is 8.04 Å². The molecule has 0 aliphatic carbocycles. The summed E-state index contributed by atoms with van der Waals surface area (Å²) in [5, 5.41) is 0. The van der Waals surface area contributed by atoms with Gasteiger partial charge in [0.1, 0.15) is 6.61 Å². The van der Waals surface area contributed by atoms with Crippen LogP contribution < -0.4 is 0 Å². The molecule has 0 bridgehead atoms. The fourth-order valence-electron chi connectivity index (χ4n) is 1.45. The van der Waals surface area contributed by atoms with Gasteiger partial charge in [-0.2, -0.15) is 0 Å². The number of rotatable bonds is 3. The second-order valence-electron chi connectivity index (χ2n) is 3.69. The quantitative estimate of drug-likeness (QED) is 0.547. The zero-order valence-electron chi connectivity index (χ0n) is 9.40. The first kappa shape index (κ1) is 13.5. The first-order valence-corrected chi connectivity index (χ1v) is 7.20. The first-order valence-electron chi connectivity index (χ1n) is 5.33. The van der Waals surface area contributed by atoms with Crippen molar-refractivity contribution < 1.29 is 9.53 Å². The van der Waals surface area contributed by atoms with Gasteiger partial charge in [0.25, 0.3) is 0 Å². The van der Waals surface area contributed by atoms with Crippen molar-refractivity contribution in [2.45, 2.75) is 6.61 Å². The van der Waals surface area contributed by atoms with Crippen molar-refractivity contribution in [3.63, 3.8) is 0 Å². The summed E-state index contributed by atoms with van der Waals surface area (Å²) in [5.41, 5.74) is 1.57. The zero-order valence-corrected chi connectivity index (χ0v) is 13.1. The Balaban J connectivity index is 2.06. The number of esters is 1. The van der Waals surface area contributed by atoms with Gasteiger partial charge < -0.3 is 4.74 Å². The summed E-state index contributed by atoms with van der Waals surface area (Å²) in [5.74, 6) is -0.301. The van der Waals surface area contributed by atoms with Crippen molar-refractivity contribution >= 4 is 44.5 Å². The summed E-state index contributed by atoms with van der Waals surface area (Å²) in [6, 6.07) is 15.2. The molecule has 0 saturated heterocycles. The van der Waals surface area contributed by atoms with Crippen molar-refractivity contribution in [3.8, 4) is 0 Å². The third kappa shape index (κ3) is 3.55. The van der Waals surface area contributed by atoms with Crippen molar-refractivity contribution in [2.75, 3.05) is 0 Å². The maximum atomic E-state index is 11.9. The minimum Gasteiger partial charge on any atom is -0.457 e. The van der Waals surface area contributed by atoms with Gasteiger partial charge in [0.2, 0.25) is 0 Å². The summed E-state index contributed by atoms with van der Waals surface area (Å²) in [4.78, 5) is 11.9. The van der Waals surface area contributed by atoms with E-state index in [4.69, 9.17) is 4.74 Å². The zero-order chi connectivity index (χ0) is 13.0. The van der Waals surface area contributed by atoms with E-state index in [9.17, 15) is 4.79 Å². The van der Waals surface area contributed by atoms with Gasteiger partial charge in [-0.3, -0.25) is 0 Å². The molecule has 0 unspecified atom stereocenters. The lowest BCUT2D eigenvalue weighted by Gasteiger charge is -2.07. The van der Waals surface area contributed by atoms with E-state index in [-0.39, 0.29) is 5.97 Å². The molecule has 0 heterocycles. The highest BCUT2D eigenvalue weighted by molar-refractivity contribution is 14.1. The Labute approximate surface area is 128 Å². The van der Waals surface area contributed by atoms with E-state index in [2.05, 4.69) is 38.5 Å². The minimum absolute atomic E-state index is 0.294. The van der Waals surface area contributed by atoms with Crippen molar-refractivity contribution in [1.82, 2.24) is 0 Å². The van der Waals surface area contributed by atoms with Crippen LogP contribution in [0.4, 0.5) is 0 Å². The van der Waals surface area contributed by atoms with Crippen LogP contribution in [-0.4, -0.2) is 5.97 Å². The molecule has 0 aliphatic heterocycles. The van der Waals surface area contributed by atoms with E-state index < -0.39 is 0 Å². The Bertz CT molecular complexity index is 555. The monoisotopic (exact) mass is 416 g/mol. The molecule has 0 amide bonds. The van der Waals surface area contributed by atoms with Gasteiger partial charge in [-0.15, -0.1) is 0 Å².